The lowest BCUT2D eigenvalue weighted by molar-refractivity contribution is -0.384. The summed E-state index contributed by atoms with van der Waals surface area (Å²) in [6.45, 7) is 2.70. The molecule has 1 saturated heterocycles. The number of carbonyl (C=O) groups is 1. The SMILES string of the molecule is CC1CN(c2ccc(C(=O)c3nccn3C)cc2[N+](=O)[O-])CC(c2ccc(F)cc2)O1. The van der Waals surface area contributed by atoms with Crippen molar-refractivity contribution in [3.05, 3.63) is 87.7 Å². The number of nitrogens with zero attached hydrogens (tertiary/aromatic N) is 4. The predicted molar refractivity (Wildman–Crippen MR) is 112 cm³/mol. The Morgan fingerprint density at radius 2 is 1.97 bits per heavy atom. The molecule has 0 aliphatic carbocycles. The Morgan fingerprint density at radius 3 is 2.61 bits per heavy atom. The van der Waals surface area contributed by atoms with Crippen LogP contribution in [0, 0.1) is 15.9 Å². The van der Waals surface area contributed by atoms with Crippen molar-refractivity contribution < 1.29 is 18.8 Å². The minimum Gasteiger partial charge on any atom is -0.367 e. The summed E-state index contributed by atoms with van der Waals surface area (Å²) in [4.78, 5) is 30.0. The highest BCUT2D eigenvalue weighted by atomic mass is 19.1. The van der Waals surface area contributed by atoms with Crippen LogP contribution in [0.15, 0.2) is 54.9 Å². The van der Waals surface area contributed by atoms with Crippen molar-refractivity contribution in [2.24, 2.45) is 7.05 Å². The number of hydrogen-bond acceptors (Lipinski definition) is 6. The van der Waals surface area contributed by atoms with E-state index < -0.39 is 4.92 Å². The van der Waals surface area contributed by atoms with Gasteiger partial charge in [0.1, 0.15) is 17.6 Å². The van der Waals surface area contributed by atoms with E-state index in [1.165, 1.54) is 24.4 Å². The molecule has 1 aliphatic heterocycles. The number of nitro benzene ring substituents is 1. The number of rotatable bonds is 5. The van der Waals surface area contributed by atoms with Gasteiger partial charge in [0.15, 0.2) is 5.82 Å². The first-order valence-electron chi connectivity index (χ1n) is 9.80. The van der Waals surface area contributed by atoms with Crippen LogP contribution in [0.5, 0.6) is 0 Å². The van der Waals surface area contributed by atoms with E-state index in [1.807, 2.05) is 11.8 Å². The first-order valence-corrected chi connectivity index (χ1v) is 9.80. The number of aryl methyl sites for hydroxylation is 1. The average Bonchev–Trinajstić information content (AvgIpc) is 3.18. The van der Waals surface area contributed by atoms with Gasteiger partial charge in [0.05, 0.1) is 11.0 Å². The van der Waals surface area contributed by atoms with E-state index in [4.69, 9.17) is 4.74 Å². The molecule has 1 fully saturated rings. The van der Waals surface area contributed by atoms with E-state index in [0.29, 0.717) is 18.8 Å². The third-order valence-corrected chi connectivity index (χ3v) is 5.30. The lowest BCUT2D eigenvalue weighted by Crippen LogP contribution is -2.43. The zero-order valence-corrected chi connectivity index (χ0v) is 17.1. The maximum Gasteiger partial charge on any atom is 0.293 e. The molecule has 0 amide bonds. The summed E-state index contributed by atoms with van der Waals surface area (Å²) in [5, 5.41) is 11.8. The van der Waals surface area contributed by atoms with Crippen LogP contribution in [0.25, 0.3) is 0 Å². The number of benzene rings is 2. The number of halogens is 1. The van der Waals surface area contributed by atoms with Gasteiger partial charge in [0, 0.05) is 44.2 Å². The summed E-state index contributed by atoms with van der Waals surface area (Å²) in [5.74, 6) is -0.520. The fourth-order valence-electron chi connectivity index (χ4n) is 3.80. The number of ketones is 1. The number of nitro groups is 1. The molecule has 0 N–H and O–H groups in total. The van der Waals surface area contributed by atoms with Gasteiger partial charge >= 0.3 is 0 Å². The molecule has 0 radical (unpaired) electrons. The third kappa shape index (κ3) is 4.17. The van der Waals surface area contributed by atoms with E-state index in [-0.39, 0.29) is 40.9 Å². The molecule has 4 rings (SSSR count). The Hall–Kier alpha value is -3.59. The molecule has 0 spiro atoms. The van der Waals surface area contributed by atoms with Gasteiger partial charge in [-0.3, -0.25) is 14.9 Å². The zero-order valence-electron chi connectivity index (χ0n) is 17.1. The Bertz CT molecular complexity index is 1130. The van der Waals surface area contributed by atoms with Crippen LogP contribution in [0.4, 0.5) is 15.8 Å². The van der Waals surface area contributed by atoms with Gasteiger partial charge in [-0.15, -0.1) is 0 Å². The lowest BCUT2D eigenvalue weighted by atomic mass is 10.0. The predicted octanol–water partition coefficient (Wildman–Crippen LogP) is 3.66. The maximum atomic E-state index is 13.3. The van der Waals surface area contributed by atoms with Gasteiger partial charge < -0.3 is 14.2 Å². The minimum absolute atomic E-state index is 0.160. The summed E-state index contributed by atoms with van der Waals surface area (Å²) in [5.41, 5.74) is 1.24. The highest BCUT2D eigenvalue weighted by molar-refractivity contribution is 6.07. The van der Waals surface area contributed by atoms with E-state index >= 15 is 0 Å². The zero-order chi connectivity index (χ0) is 22.1. The second kappa shape index (κ2) is 8.27. The van der Waals surface area contributed by atoms with Crippen molar-refractivity contribution in [2.45, 2.75) is 19.1 Å². The van der Waals surface area contributed by atoms with Crippen LogP contribution in [-0.2, 0) is 11.8 Å². The summed E-state index contributed by atoms with van der Waals surface area (Å²) in [6, 6.07) is 10.5. The molecule has 2 heterocycles. The average molecular weight is 424 g/mol. The van der Waals surface area contributed by atoms with Gasteiger partial charge in [0.25, 0.3) is 5.69 Å². The fourth-order valence-corrected chi connectivity index (χ4v) is 3.80. The Morgan fingerprint density at radius 1 is 1.23 bits per heavy atom. The first-order chi connectivity index (χ1) is 14.8. The van der Waals surface area contributed by atoms with Crippen molar-refractivity contribution in [1.82, 2.24) is 9.55 Å². The Kier molecular flexibility index (Phi) is 5.51. The number of hydrogen-bond donors (Lipinski definition) is 0. The molecular formula is C22H21FN4O4. The monoisotopic (exact) mass is 424 g/mol. The normalized spacial score (nSPS) is 18.7. The first kappa shape index (κ1) is 20.7. The quantitative estimate of drug-likeness (QED) is 0.353. The molecule has 1 aliphatic rings. The molecule has 0 bridgehead atoms. The summed E-state index contributed by atoms with van der Waals surface area (Å²) in [6.07, 6.45) is 2.58. The number of anilines is 1. The standard InChI is InChI=1S/C22H21FN4O4/c1-14-12-26(13-20(31-14)15-3-6-17(23)7-4-15)18-8-5-16(11-19(18)27(29)30)21(28)22-24-9-10-25(22)2/h3-11,14,20H,12-13H2,1-2H3. The van der Waals surface area contributed by atoms with Crippen molar-refractivity contribution in [2.75, 3.05) is 18.0 Å². The summed E-state index contributed by atoms with van der Waals surface area (Å²) >= 11 is 0. The van der Waals surface area contributed by atoms with Crippen LogP contribution in [0.1, 0.15) is 34.8 Å². The topological polar surface area (TPSA) is 90.5 Å². The molecule has 31 heavy (non-hydrogen) atoms. The molecule has 2 unspecified atom stereocenters. The molecule has 2 atom stereocenters. The number of imidazole rings is 1. The molecule has 9 heteroatoms. The molecule has 2 aromatic carbocycles. The van der Waals surface area contributed by atoms with Gasteiger partial charge in [-0.2, -0.15) is 0 Å². The van der Waals surface area contributed by atoms with E-state index in [0.717, 1.165) is 5.56 Å². The fraction of sp³-hybridized carbons (Fsp3) is 0.273. The van der Waals surface area contributed by atoms with Crippen LogP contribution in [-0.4, -0.2) is 39.5 Å². The highest BCUT2D eigenvalue weighted by Gasteiger charge is 2.31. The lowest BCUT2D eigenvalue weighted by Gasteiger charge is -2.38. The molecule has 160 valence electrons. The third-order valence-electron chi connectivity index (χ3n) is 5.30. The Balaban J connectivity index is 1.66. The second-order valence-corrected chi connectivity index (χ2v) is 7.54. The van der Waals surface area contributed by atoms with Crippen molar-refractivity contribution in [1.29, 1.82) is 0 Å². The van der Waals surface area contributed by atoms with Gasteiger partial charge in [-0.25, -0.2) is 9.37 Å². The van der Waals surface area contributed by atoms with E-state index in [1.54, 1.807) is 42.1 Å². The Labute approximate surface area is 178 Å². The van der Waals surface area contributed by atoms with Crippen molar-refractivity contribution in [3.8, 4) is 0 Å². The minimum atomic E-state index is -0.489. The van der Waals surface area contributed by atoms with Crippen LogP contribution < -0.4 is 4.90 Å². The molecule has 3 aromatic rings. The molecule has 0 saturated carbocycles. The highest BCUT2D eigenvalue weighted by Crippen LogP contribution is 2.35. The largest absolute Gasteiger partial charge is 0.367 e. The number of morpholine rings is 1. The van der Waals surface area contributed by atoms with E-state index in [2.05, 4.69) is 4.98 Å². The summed E-state index contributed by atoms with van der Waals surface area (Å²) in [7, 11) is 1.69. The molecule has 8 nitrogen and oxygen atoms in total. The smallest absolute Gasteiger partial charge is 0.293 e. The van der Waals surface area contributed by atoms with Gasteiger partial charge in [0.2, 0.25) is 5.78 Å². The van der Waals surface area contributed by atoms with Crippen molar-refractivity contribution in [3.63, 3.8) is 0 Å². The van der Waals surface area contributed by atoms with Crippen molar-refractivity contribution >= 4 is 17.2 Å². The second-order valence-electron chi connectivity index (χ2n) is 7.54. The van der Waals surface area contributed by atoms with E-state index in [9.17, 15) is 19.3 Å². The van der Waals surface area contributed by atoms with Crippen LogP contribution >= 0.6 is 0 Å². The van der Waals surface area contributed by atoms with Gasteiger partial charge in [-0.05, 0) is 36.8 Å². The number of aromatic nitrogens is 2. The maximum absolute atomic E-state index is 13.3. The number of carbonyl (C=O) groups excluding carboxylic acids is 1. The molecule has 1 aromatic heterocycles. The summed E-state index contributed by atoms with van der Waals surface area (Å²) < 4.78 is 20.8. The molecular weight excluding hydrogens is 403 g/mol. The number of ether oxygens (including phenoxy) is 1. The van der Waals surface area contributed by atoms with Crippen LogP contribution in [0.3, 0.4) is 0 Å². The van der Waals surface area contributed by atoms with Gasteiger partial charge in [-0.1, -0.05) is 12.1 Å². The van der Waals surface area contributed by atoms with Crippen LogP contribution in [0.2, 0.25) is 0 Å².